The van der Waals surface area contributed by atoms with Crippen LogP contribution in [0, 0.1) is 0 Å². The number of nitrogens with zero attached hydrogens (tertiary/aromatic N) is 2. The Labute approximate surface area is 183 Å². The van der Waals surface area contributed by atoms with Gasteiger partial charge in [-0.15, -0.1) is 0 Å². The van der Waals surface area contributed by atoms with Crippen LogP contribution in [0.4, 0.5) is 0 Å². The van der Waals surface area contributed by atoms with E-state index in [0.717, 1.165) is 0 Å². The van der Waals surface area contributed by atoms with Gasteiger partial charge in [-0.2, -0.15) is 0 Å². The Morgan fingerprint density at radius 1 is 0.586 bits per heavy atom. The van der Waals surface area contributed by atoms with Gasteiger partial charge in [-0.05, 0) is 19.3 Å². The highest BCUT2D eigenvalue weighted by Gasteiger charge is 2.13. The second kappa shape index (κ2) is 19.2. The maximum absolute atomic E-state index is 2.51. The molecule has 0 radical (unpaired) electrons. The van der Waals surface area contributed by atoms with Crippen molar-refractivity contribution in [2.24, 2.45) is 7.05 Å². The fourth-order valence-corrected chi connectivity index (χ4v) is 4.44. The molecule has 2 nitrogen and oxygen atoms in total. The third-order valence-electron chi connectivity index (χ3n) is 6.47. The van der Waals surface area contributed by atoms with Gasteiger partial charge in [0.1, 0.15) is 12.4 Å². The molecule has 0 aliphatic carbocycles. The molecule has 0 aliphatic rings. The topological polar surface area (TPSA) is 8.81 Å². The second-order valence-corrected chi connectivity index (χ2v) is 9.28. The summed E-state index contributed by atoms with van der Waals surface area (Å²) in [5.74, 6) is 1.53. The fourth-order valence-electron chi connectivity index (χ4n) is 4.44. The van der Waals surface area contributed by atoms with E-state index in [1.54, 1.807) is 0 Å². The van der Waals surface area contributed by atoms with Gasteiger partial charge in [0.25, 0.3) is 5.82 Å². The summed E-state index contributed by atoms with van der Waals surface area (Å²) in [6, 6.07) is 0. The first-order valence-electron chi connectivity index (χ1n) is 13.3. The van der Waals surface area contributed by atoms with E-state index in [0.29, 0.717) is 0 Å². The largest absolute Gasteiger partial charge is 0.256 e. The Bertz CT molecular complexity index is 463. The van der Waals surface area contributed by atoms with Gasteiger partial charge in [0.15, 0.2) is 0 Å². The van der Waals surface area contributed by atoms with Crippen molar-refractivity contribution < 1.29 is 4.57 Å². The molecule has 0 aromatic carbocycles. The molecule has 0 saturated carbocycles. The van der Waals surface area contributed by atoms with Crippen LogP contribution in [-0.4, -0.2) is 4.57 Å². The van der Waals surface area contributed by atoms with Crippen molar-refractivity contribution >= 4 is 0 Å². The SMILES string of the molecule is CCCCCCCCCCCCCCCCc1n(CCCCCCC)cc[n+]1C. The molecule has 1 rings (SSSR count). The average Bonchev–Trinajstić information content (AvgIpc) is 3.07. The van der Waals surface area contributed by atoms with Crippen molar-refractivity contribution in [2.45, 2.75) is 149 Å². The van der Waals surface area contributed by atoms with Gasteiger partial charge in [0.05, 0.1) is 13.6 Å². The predicted octanol–water partition coefficient (Wildman–Crippen LogP) is 8.31. The molecule has 170 valence electrons. The monoisotopic (exact) mass is 405 g/mol. The predicted molar refractivity (Wildman–Crippen MR) is 128 cm³/mol. The molecule has 0 bridgehead atoms. The number of aryl methyl sites for hydroxylation is 2. The summed E-state index contributed by atoms with van der Waals surface area (Å²) in [5.41, 5.74) is 0. The number of imidazole rings is 1. The van der Waals surface area contributed by atoms with Crippen molar-refractivity contribution in [3.63, 3.8) is 0 Å². The molecule has 29 heavy (non-hydrogen) atoms. The molecule has 1 heterocycles. The van der Waals surface area contributed by atoms with Gasteiger partial charge in [-0.25, -0.2) is 9.13 Å². The molecule has 0 aliphatic heterocycles. The zero-order valence-electron chi connectivity index (χ0n) is 20.4. The first kappa shape index (κ1) is 26.2. The van der Waals surface area contributed by atoms with Crippen LogP contribution in [-0.2, 0) is 20.0 Å². The van der Waals surface area contributed by atoms with Crippen molar-refractivity contribution in [3.05, 3.63) is 18.2 Å². The molecule has 0 saturated heterocycles. The minimum Gasteiger partial charge on any atom is -0.237 e. The molecule has 0 N–H and O–H groups in total. The maximum Gasteiger partial charge on any atom is 0.256 e. The molecule has 2 heteroatoms. The number of unbranched alkanes of at least 4 members (excludes halogenated alkanes) is 17. The van der Waals surface area contributed by atoms with Crippen LogP contribution >= 0.6 is 0 Å². The van der Waals surface area contributed by atoms with E-state index in [-0.39, 0.29) is 0 Å². The van der Waals surface area contributed by atoms with E-state index in [2.05, 4.69) is 42.4 Å². The van der Waals surface area contributed by atoms with Crippen LogP contribution in [0.15, 0.2) is 12.4 Å². The van der Waals surface area contributed by atoms with Crippen LogP contribution in [0.3, 0.4) is 0 Å². The van der Waals surface area contributed by atoms with Crippen LogP contribution in [0.1, 0.15) is 142 Å². The average molecular weight is 406 g/mol. The molecule has 1 aromatic rings. The highest BCUT2D eigenvalue weighted by molar-refractivity contribution is 4.84. The Morgan fingerprint density at radius 3 is 1.48 bits per heavy atom. The summed E-state index contributed by atoms with van der Waals surface area (Å²) in [5, 5.41) is 0. The second-order valence-electron chi connectivity index (χ2n) is 9.28. The van der Waals surface area contributed by atoms with Crippen LogP contribution < -0.4 is 4.57 Å². The first-order chi connectivity index (χ1) is 14.3. The molecule has 0 atom stereocenters. The third kappa shape index (κ3) is 13.9. The summed E-state index contributed by atoms with van der Waals surface area (Å²) >= 11 is 0. The molecule has 0 spiro atoms. The number of aromatic nitrogens is 2. The molecule has 0 amide bonds. The fraction of sp³-hybridized carbons (Fsp3) is 0.889. The summed E-state index contributed by atoms with van der Waals surface area (Å²) in [6.07, 6.45) is 32.8. The van der Waals surface area contributed by atoms with E-state index in [9.17, 15) is 0 Å². The summed E-state index contributed by atoms with van der Waals surface area (Å²) < 4.78 is 4.85. The van der Waals surface area contributed by atoms with Crippen LogP contribution in [0.5, 0.6) is 0 Å². The standard InChI is InChI=1S/C27H53N2/c1-4-6-8-10-11-12-13-14-15-16-17-18-19-21-23-27-28(3)25-26-29(27)24-22-20-9-7-5-2/h25-26H,4-24H2,1-3H3/q+1. The van der Waals surface area contributed by atoms with Crippen molar-refractivity contribution in [3.8, 4) is 0 Å². The van der Waals surface area contributed by atoms with Gasteiger partial charge < -0.3 is 0 Å². The molecule has 1 aromatic heterocycles. The van der Waals surface area contributed by atoms with Crippen molar-refractivity contribution in [1.82, 2.24) is 4.57 Å². The highest BCUT2D eigenvalue weighted by Crippen LogP contribution is 2.14. The van der Waals surface area contributed by atoms with E-state index in [1.165, 1.54) is 141 Å². The first-order valence-corrected chi connectivity index (χ1v) is 13.3. The Hall–Kier alpha value is -0.790. The van der Waals surface area contributed by atoms with Crippen molar-refractivity contribution in [2.75, 3.05) is 0 Å². The lowest BCUT2D eigenvalue weighted by Crippen LogP contribution is -2.32. The number of rotatable bonds is 21. The lowest BCUT2D eigenvalue weighted by atomic mass is 10.0. The summed E-state index contributed by atoms with van der Waals surface area (Å²) in [7, 11) is 2.22. The van der Waals surface area contributed by atoms with Gasteiger partial charge in [0, 0.05) is 6.42 Å². The minimum atomic E-state index is 1.21. The van der Waals surface area contributed by atoms with E-state index < -0.39 is 0 Å². The number of hydrogen-bond acceptors (Lipinski definition) is 0. The lowest BCUT2D eigenvalue weighted by molar-refractivity contribution is -0.678. The third-order valence-corrected chi connectivity index (χ3v) is 6.47. The quantitative estimate of drug-likeness (QED) is 0.144. The Balaban J connectivity index is 1.96. The maximum atomic E-state index is 2.51. The van der Waals surface area contributed by atoms with Gasteiger partial charge in [-0.3, -0.25) is 0 Å². The van der Waals surface area contributed by atoms with Crippen LogP contribution in [0.25, 0.3) is 0 Å². The zero-order chi connectivity index (χ0) is 21.0. The summed E-state index contributed by atoms with van der Waals surface area (Å²) in [6.45, 7) is 5.80. The van der Waals surface area contributed by atoms with E-state index >= 15 is 0 Å². The molecular formula is C27H53N2+. The van der Waals surface area contributed by atoms with Crippen LogP contribution in [0.2, 0.25) is 0 Å². The van der Waals surface area contributed by atoms with Gasteiger partial charge in [-0.1, -0.05) is 117 Å². The minimum absolute atomic E-state index is 1.21. The van der Waals surface area contributed by atoms with Gasteiger partial charge >= 0.3 is 0 Å². The van der Waals surface area contributed by atoms with E-state index in [1.807, 2.05) is 0 Å². The Kier molecular flexibility index (Phi) is 17.4. The lowest BCUT2D eigenvalue weighted by Gasteiger charge is -2.05. The molecular weight excluding hydrogens is 352 g/mol. The van der Waals surface area contributed by atoms with Gasteiger partial charge in [0.2, 0.25) is 0 Å². The zero-order valence-corrected chi connectivity index (χ0v) is 20.4. The van der Waals surface area contributed by atoms with Crippen molar-refractivity contribution in [1.29, 1.82) is 0 Å². The Morgan fingerprint density at radius 2 is 1.00 bits per heavy atom. The molecule has 0 unspecified atom stereocenters. The number of hydrogen-bond donors (Lipinski definition) is 0. The smallest absolute Gasteiger partial charge is 0.237 e. The van der Waals surface area contributed by atoms with E-state index in [4.69, 9.17) is 0 Å². The molecule has 0 fully saturated rings. The normalized spacial score (nSPS) is 11.4. The summed E-state index contributed by atoms with van der Waals surface area (Å²) in [4.78, 5) is 0. The highest BCUT2D eigenvalue weighted by atomic mass is 15.1.